The van der Waals surface area contributed by atoms with Gasteiger partial charge in [0.2, 0.25) is 0 Å². The summed E-state index contributed by atoms with van der Waals surface area (Å²) in [4.78, 5) is 12.4. The number of piperidine rings is 1. The standard InChI is InChI=1S/C20H27N3O2S/c1-16-19(26-15-22-16)14-23-9-6-20(7-10-23)17(5-12-25-20)4-11-24-18-3-2-8-21-13-18/h2-3,8,13,15,17H,4-7,9-12,14H2,1H3/t17-/m1/s1. The second-order valence-electron chi connectivity index (χ2n) is 7.36. The topological polar surface area (TPSA) is 47.5 Å². The van der Waals surface area contributed by atoms with E-state index < -0.39 is 0 Å². The summed E-state index contributed by atoms with van der Waals surface area (Å²) in [6.07, 6.45) is 8.02. The monoisotopic (exact) mass is 373 g/mol. The molecule has 0 aromatic carbocycles. The highest BCUT2D eigenvalue weighted by Crippen LogP contribution is 2.42. The number of pyridine rings is 1. The number of ether oxygens (including phenoxy) is 2. The molecule has 0 saturated carbocycles. The van der Waals surface area contributed by atoms with Crippen LogP contribution in [0, 0.1) is 12.8 Å². The second-order valence-corrected chi connectivity index (χ2v) is 8.30. The van der Waals surface area contributed by atoms with Gasteiger partial charge in [-0.1, -0.05) is 0 Å². The van der Waals surface area contributed by atoms with Gasteiger partial charge in [-0.15, -0.1) is 11.3 Å². The molecule has 0 bridgehead atoms. The zero-order valence-electron chi connectivity index (χ0n) is 15.4. The average Bonchev–Trinajstić information content (AvgIpc) is 3.25. The normalized spacial score (nSPS) is 22.7. The Bertz CT molecular complexity index is 698. The van der Waals surface area contributed by atoms with Gasteiger partial charge in [-0.25, -0.2) is 4.98 Å². The Hall–Kier alpha value is -1.50. The number of aryl methyl sites for hydroxylation is 1. The van der Waals surface area contributed by atoms with Gasteiger partial charge in [-0.05, 0) is 50.7 Å². The van der Waals surface area contributed by atoms with Crippen LogP contribution in [0.15, 0.2) is 30.0 Å². The van der Waals surface area contributed by atoms with Crippen LogP contribution in [-0.2, 0) is 11.3 Å². The highest BCUT2D eigenvalue weighted by Gasteiger charge is 2.45. The molecule has 2 aromatic rings. The Kier molecular flexibility index (Phi) is 5.52. The van der Waals surface area contributed by atoms with Crippen LogP contribution in [-0.4, -0.2) is 46.8 Å². The lowest BCUT2D eigenvalue weighted by molar-refractivity contribution is -0.0707. The SMILES string of the molecule is Cc1ncsc1CN1CCC2(CC1)OCC[C@H]2CCOc1cccnc1. The van der Waals surface area contributed by atoms with Crippen molar-refractivity contribution in [3.8, 4) is 5.75 Å². The highest BCUT2D eigenvalue weighted by molar-refractivity contribution is 7.09. The van der Waals surface area contributed by atoms with Crippen molar-refractivity contribution < 1.29 is 9.47 Å². The zero-order chi connectivity index (χ0) is 17.8. The third-order valence-electron chi connectivity index (χ3n) is 5.88. The van der Waals surface area contributed by atoms with Crippen LogP contribution in [0.5, 0.6) is 5.75 Å². The molecule has 2 aromatic heterocycles. The molecule has 2 saturated heterocycles. The van der Waals surface area contributed by atoms with E-state index in [0.717, 1.165) is 64.3 Å². The molecule has 4 heterocycles. The summed E-state index contributed by atoms with van der Waals surface area (Å²) in [5.74, 6) is 1.46. The van der Waals surface area contributed by atoms with E-state index in [1.54, 1.807) is 23.7 Å². The third-order valence-corrected chi connectivity index (χ3v) is 6.80. The van der Waals surface area contributed by atoms with E-state index in [1.807, 2.05) is 17.6 Å². The largest absolute Gasteiger partial charge is 0.492 e. The van der Waals surface area contributed by atoms with Crippen LogP contribution >= 0.6 is 11.3 Å². The first kappa shape index (κ1) is 17.9. The van der Waals surface area contributed by atoms with Crippen molar-refractivity contribution in [3.63, 3.8) is 0 Å². The number of hydrogen-bond donors (Lipinski definition) is 0. The van der Waals surface area contributed by atoms with Crippen LogP contribution in [0.2, 0.25) is 0 Å². The van der Waals surface area contributed by atoms with Crippen molar-refractivity contribution >= 4 is 11.3 Å². The molecule has 0 N–H and O–H groups in total. The van der Waals surface area contributed by atoms with Crippen molar-refractivity contribution in [1.29, 1.82) is 0 Å². The first-order valence-electron chi connectivity index (χ1n) is 9.53. The van der Waals surface area contributed by atoms with E-state index in [2.05, 4.69) is 21.8 Å². The molecule has 5 nitrogen and oxygen atoms in total. The average molecular weight is 374 g/mol. The van der Waals surface area contributed by atoms with Crippen molar-refractivity contribution in [1.82, 2.24) is 14.9 Å². The fourth-order valence-corrected chi connectivity index (χ4v) is 5.09. The van der Waals surface area contributed by atoms with Gasteiger partial charge >= 0.3 is 0 Å². The van der Waals surface area contributed by atoms with Gasteiger partial charge in [0.05, 0.1) is 29.6 Å². The molecule has 2 aliphatic heterocycles. The lowest BCUT2D eigenvalue weighted by atomic mass is 9.78. The number of hydrogen-bond acceptors (Lipinski definition) is 6. The fraction of sp³-hybridized carbons (Fsp3) is 0.600. The molecule has 6 heteroatoms. The van der Waals surface area contributed by atoms with E-state index in [0.29, 0.717) is 5.92 Å². The maximum absolute atomic E-state index is 6.30. The van der Waals surface area contributed by atoms with Crippen molar-refractivity contribution in [2.75, 3.05) is 26.3 Å². The maximum atomic E-state index is 6.30. The molecule has 140 valence electrons. The minimum absolute atomic E-state index is 0.0670. The lowest BCUT2D eigenvalue weighted by Crippen LogP contribution is -2.47. The Morgan fingerprint density at radius 1 is 1.38 bits per heavy atom. The molecule has 0 radical (unpaired) electrons. The Morgan fingerprint density at radius 2 is 2.27 bits per heavy atom. The van der Waals surface area contributed by atoms with Gasteiger partial charge in [-0.3, -0.25) is 9.88 Å². The van der Waals surface area contributed by atoms with Crippen molar-refractivity contribution in [2.24, 2.45) is 5.92 Å². The Balaban J connectivity index is 1.28. The van der Waals surface area contributed by atoms with E-state index >= 15 is 0 Å². The van der Waals surface area contributed by atoms with Crippen LogP contribution in [0.3, 0.4) is 0 Å². The summed E-state index contributed by atoms with van der Waals surface area (Å²) < 4.78 is 12.2. The van der Waals surface area contributed by atoms with E-state index in [4.69, 9.17) is 9.47 Å². The molecule has 4 rings (SSSR count). The molecular weight excluding hydrogens is 346 g/mol. The summed E-state index contributed by atoms with van der Waals surface area (Å²) in [7, 11) is 0. The lowest BCUT2D eigenvalue weighted by Gasteiger charge is -2.42. The van der Waals surface area contributed by atoms with Crippen LogP contribution in [0.25, 0.3) is 0 Å². The number of aromatic nitrogens is 2. The molecule has 26 heavy (non-hydrogen) atoms. The number of thiazole rings is 1. The Morgan fingerprint density at radius 3 is 3.00 bits per heavy atom. The summed E-state index contributed by atoms with van der Waals surface area (Å²) in [6.45, 7) is 6.99. The quantitative estimate of drug-likeness (QED) is 0.773. The fourth-order valence-electron chi connectivity index (χ4n) is 4.27. The summed E-state index contributed by atoms with van der Waals surface area (Å²) in [5.41, 5.74) is 3.20. The number of rotatable bonds is 6. The molecule has 2 fully saturated rings. The molecule has 0 unspecified atom stereocenters. The minimum Gasteiger partial charge on any atom is -0.492 e. The van der Waals surface area contributed by atoms with Gasteiger partial charge in [0.1, 0.15) is 5.75 Å². The zero-order valence-corrected chi connectivity index (χ0v) is 16.2. The van der Waals surface area contributed by atoms with Gasteiger partial charge in [-0.2, -0.15) is 0 Å². The molecule has 1 spiro atoms. The van der Waals surface area contributed by atoms with Gasteiger partial charge in [0.15, 0.2) is 0 Å². The number of likely N-dealkylation sites (tertiary alicyclic amines) is 1. The summed E-state index contributed by atoms with van der Waals surface area (Å²) in [6, 6.07) is 3.88. The van der Waals surface area contributed by atoms with E-state index in [1.165, 1.54) is 10.6 Å². The number of nitrogens with zero attached hydrogens (tertiary/aromatic N) is 3. The molecule has 2 aliphatic rings. The van der Waals surface area contributed by atoms with Crippen LogP contribution in [0.4, 0.5) is 0 Å². The molecule has 0 amide bonds. The molecule has 1 atom stereocenters. The van der Waals surface area contributed by atoms with Crippen LogP contribution < -0.4 is 4.74 Å². The van der Waals surface area contributed by atoms with E-state index in [9.17, 15) is 0 Å². The smallest absolute Gasteiger partial charge is 0.137 e. The van der Waals surface area contributed by atoms with Gasteiger partial charge in [0, 0.05) is 37.3 Å². The first-order valence-corrected chi connectivity index (χ1v) is 10.4. The molecular formula is C20H27N3O2S. The predicted octanol–water partition coefficient (Wildman–Crippen LogP) is 3.69. The van der Waals surface area contributed by atoms with Crippen molar-refractivity contribution in [2.45, 2.75) is 44.8 Å². The maximum Gasteiger partial charge on any atom is 0.137 e. The predicted molar refractivity (Wildman–Crippen MR) is 103 cm³/mol. The van der Waals surface area contributed by atoms with Gasteiger partial charge in [0.25, 0.3) is 0 Å². The summed E-state index contributed by atoms with van der Waals surface area (Å²) >= 11 is 1.77. The van der Waals surface area contributed by atoms with E-state index in [-0.39, 0.29) is 5.60 Å². The molecule has 0 aliphatic carbocycles. The van der Waals surface area contributed by atoms with Gasteiger partial charge < -0.3 is 9.47 Å². The minimum atomic E-state index is 0.0670. The highest BCUT2D eigenvalue weighted by atomic mass is 32.1. The Labute approximate surface area is 159 Å². The van der Waals surface area contributed by atoms with Crippen molar-refractivity contribution in [3.05, 3.63) is 40.6 Å². The van der Waals surface area contributed by atoms with Crippen LogP contribution in [0.1, 0.15) is 36.3 Å². The first-order chi connectivity index (χ1) is 12.8. The summed E-state index contributed by atoms with van der Waals surface area (Å²) in [5, 5.41) is 0. The second kappa shape index (κ2) is 8.03. The third kappa shape index (κ3) is 3.92.